The van der Waals surface area contributed by atoms with Crippen LogP contribution in [-0.2, 0) is 7.05 Å². The van der Waals surface area contributed by atoms with Crippen LogP contribution < -0.4 is 0 Å². The van der Waals surface area contributed by atoms with Crippen molar-refractivity contribution in [3.63, 3.8) is 0 Å². The smallest absolute Gasteiger partial charge is 0.273 e. The molecule has 1 amide bonds. The van der Waals surface area contributed by atoms with Gasteiger partial charge < -0.3 is 4.90 Å². The molecule has 2 rings (SSSR count). The van der Waals surface area contributed by atoms with E-state index in [0.29, 0.717) is 12.2 Å². The van der Waals surface area contributed by atoms with Crippen molar-refractivity contribution in [3.8, 4) is 6.07 Å². The minimum absolute atomic E-state index is 0.0914. The molecule has 0 N–H and O–H groups in total. The van der Waals surface area contributed by atoms with Gasteiger partial charge in [0.1, 0.15) is 11.7 Å². The van der Waals surface area contributed by atoms with Gasteiger partial charge in [-0.3, -0.25) is 9.48 Å². The first-order valence-electron chi connectivity index (χ1n) is 5.42. The number of piperidine rings is 1. The molecule has 0 spiro atoms. The topological polar surface area (TPSA) is 61.9 Å². The zero-order valence-corrected chi connectivity index (χ0v) is 9.26. The number of amides is 1. The van der Waals surface area contributed by atoms with E-state index in [1.165, 1.54) is 0 Å². The fourth-order valence-corrected chi connectivity index (χ4v) is 2.04. The molecule has 1 aliphatic rings. The quantitative estimate of drug-likeness (QED) is 0.704. The standard InChI is InChI=1S/C11H14N4O/c1-14-10(5-6-13-14)11(16)15-7-3-2-4-9(15)8-12/h5-6,9H,2-4,7H2,1H3. The maximum absolute atomic E-state index is 12.2. The summed E-state index contributed by atoms with van der Waals surface area (Å²) >= 11 is 0. The van der Waals surface area contributed by atoms with Gasteiger partial charge in [-0.1, -0.05) is 0 Å². The highest BCUT2D eigenvalue weighted by molar-refractivity contribution is 5.93. The third-order valence-electron chi connectivity index (χ3n) is 2.95. The lowest BCUT2D eigenvalue weighted by Crippen LogP contribution is -2.43. The predicted molar refractivity (Wildman–Crippen MR) is 57.5 cm³/mol. The Hall–Kier alpha value is -1.83. The number of aromatic nitrogens is 2. The molecule has 1 unspecified atom stereocenters. The zero-order chi connectivity index (χ0) is 11.5. The summed E-state index contributed by atoms with van der Waals surface area (Å²) in [7, 11) is 1.73. The van der Waals surface area contributed by atoms with Crippen molar-refractivity contribution in [2.24, 2.45) is 7.05 Å². The van der Waals surface area contributed by atoms with Gasteiger partial charge in [-0.05, 0) is 25.3 Å². The van der Waals surface area contributed by atoms with Crippen molar-refractivity contribution in [1.29, 1.82) is 5.26 Å². The molecule has 1 atom stereocenters. The molecule has 2 heterocycles. The van der Waals surface area contributed by atoms with E-state index in [1.807, 2.05) is 0 Å². The van der Waals surface area contributed by atoms with Crippen LogP contribution in [0.1, 0.15) is 29.8 Å². The van der Waals surface area contributed by atoms with Crippen LogP contribution in [0.3, 0.4) is 0 Å². The molecule has 5 nitrogen and oxygen atoms in total. The second-order valence-electron chi connectivity index (χ2n) is 3.98. The number of rotatable bonds is 1. The molecule has 0 aliphatic carbocycles. The Morgan fingerprint density at radius 3 is 3.06 bits per heavy atom. The normalized spacial score (nSPS) is 20.5. The van der Waals surface area contributed by atoms with Crippen molar-refractivity contribution in [2.75, 3.05) is 6.54 Å². The summed E-state index contributed by atoms with van der Waals surface area (Å²) in [6, 6.07) is 3.60. The van der Waals surface area contributed by atoms with Gasteiger partial charge in [0.25, 0.3) is 5.91 Å². The van der Waals surface area contributed by atoms with E-state index in [1.54, 1.807) is 28.9 Å². The maximum Gasteiger partial charge on any atom is 0.273 e. The Balaban J connectivity index is 2.21. The maximum atomic E-state index is 12.2. The molecule has 5 heteroatoms. The van der Waals surface area contributed by atoms with Crippen LogP contribution in [0.4, 0.5) is 0 Å². The summed E-state index contributed by atoms with van der Waals surface area (Å²) < 4.78 is 1.55. The van der Waals surface area contributed by atoms with Crippen LogP contribution in [0.2, 0.25) is 0 Å². The molecule has 1 aliphatic heterocycles. The van der Waals surface area contributed by atoms with Crippen molar-refractivity contribution in [3.05, 3.63) is 18.0 Å². The number of carbonyl (C=O) groups excluding carboxylic acids is 1. The van der Waals surface area contributed by atoms with Crippen LogP contribution in [0, 0.1) is 11.3 Å². The molecule has 1 saturated heterocycles. The summed E-state index contributed by atoms with van der Waals surface area (Å²) in [5.41, 5.74) is 0.544. The lowest BCUT2D eigenvalue weighted by atomic mass is 10.0. The van der Waals surface area contributed by atoms with Crippen molar-refractivity contribution < 1.29 is 4.79 Å². The van der Waals surface area contributed by atoms with Crippen LogP contribution in [0.15, 0.2) is 12.3 Å². The lowest BCUT2D eigenvalue weighted by Gasteiger charge is -2.31. The van der Waals surface area contributed by atoms with E-state index in [4.69, 9.17) is 5.26 Å². The number of likely N-dealkylation sites (tertiary alicyclic amines) is 1. The van der Waals surface area contributed by atoms with Crippen LogP contribution in [0.25, 0.3) is 0 Å². The average molecular weight is 218 g/mol. The highest BCUT2D eigenvalue weighted by atomic mass is 16.2. The Bertz CT molecular complexity index is 431. The summed E-state index contributed by atoms with van der Waals surface area (Å²) in [6.07, 6.45) is 4.37. The summed E-state index contributed by atoms with van der Waals surface area (Å²) in [5, 5.41) is 13.0. The largest absolute Gasteiger partial charge is 0.321 e. The van der Waals surface area contributed by atoms with Gasteiger partial charge in [-0.15, -0.1) is 0 Å². The lowest BCUT2D eigenvalue weighted by molar-refractivity contribution is 0.0659. The van der Waals surface area contributed by atoms with Gasteiger partial charge in [0, 0.05) is 19.8 Å². The molecule has 84 valence electrons. The van der Waals surface area contributed by atoms with E-state index in [0.717, 1.165) is 19.3 Å². The molecule has 1 aromatic heterocycles. The van der Waals surface area contributed by atoms with Crippen molar-refractivity contribution in [2.45, 2.75) is 25.3 Å². The van der Waals surface area contributed by atoms with Gasteiger partial charge in [-0.25, -0.2) is 0 Å². The van der Waals surface area contributed by atoms with Gasteiger partial charge >= 0.3 is 0 Å². The summed E-state index contributed by atoms with van der Waals surface area (Å²) in [5.74, 6) is -0.0914. The first kappa shape index (κ1) is 10.7. The number of carbonyl (C=O) groups is 1. The minimum Gasteiger partial charge on any atom is -0.321 e. The predicted octanol–water partition coefficient (Wildman–Crippen LogP) is 0.938. The van der Waals surface area contributed by atoms with Gasteiger partial charge in [0.2, 0.25) is 0 Å². The number of nitriles is 1. The first-order valence-corrected chi connectivity index (χ1v) is 5.42. The number of aryl methyl sites for hydroxylation is 1. The Morgan fingerprint density at radius 2 is 2.44 bits per heavy atom. The number of hydrogen-bond donors (Lipinski definition) is 0. The second kappa shape index (κ2) is 4.35. The molecule has 0 radical (unpaired) electrons. The van der Waals surface area contributed by atoms with Crippen LogP contribution in [0.5, 0.6) is 0 Å². The number of hydrogen-bond acceptors (Lipinski definition) is 3. The molecular weight excluding hydrogens is 204 g/mol. The van der Waals surface area contributed by atoms with Gasteiger partial charge in [0.05, 0.1) is 6.07 Å². The van der Waals surface area contributed by atoms with Crippen LogP contribution in [-0.4, -0.2) is 33.2 Å². The van der Waals surface area contributed by atoms with Crippen LogP contribution >= 0.6 is 0 Å². The fraction of sp³-hybridized carbons (Fsp3) is 0.545. The summed E-state index contributed by atoms with van der Waals surface area (Å²) in [4.78, 5) is 13.8. The highest BCUT2D eigenvalue weighted by Gasteiger charge is 2.28. The second-order valence-corrected chi connectivity index (χ2v) is 3.98. The average Bonchev–Trinajstić information content (AvgIpc) is 2.74. The first-order chi connectivity index (χ1) is 7.74. The molecule has 1 aromatic rings. The monoisotopic (exact) mass is 218 g/mol. The fourth-order valence-electron chi connectivity index (χ4n) is 2.04. The van der Waals surface area contributed by atoms with Crippen molar-refractivity contribution in [1.82, 2.24) is 14.7 Å². The zero-order valence-electron chi connectivity index (χ0n) is 9.26. The third-order valence-corrected chi connectivity index (χ3v) is 2.95. The Kier molecular flexibility index (Phi) is 2.91. The van der Waals surface area contributed by atoms with E-state index >= 15 is 0 Å². The highest BCUT2D eigenvalue weighted by Crippen LogP contribution is 2.18. The third kappa shape index (κ3) is 1.78. The Morgan fingerprint density at radius 1 is 1.62 bits per heavy atom. The molecular formula is C11H14N4O. The molecule has 0 bridgehead atoms. The van der Waals surface area contributed by atoms with Crippen molar-refractivity contribution >= 4 is 5.91 Å². The van der Waals surface area contributed by atoms with E-state index in [9.17, 15) is 4.79 Å². The van der Waals surface area contributed by atoms with E-state index in [2.05, 4.69) is 11.2 Å². The minimum atomic E-state index is -0.281. The van der Waals surface area contributed by atoms with Gasteiger partial charge in [0.15, 0.2) is 0 Å². The molecule has 16 heavy (non-hydrogen) atoms. The Labute approximate surface area is 94.3 Å². The number of nitrogens with zero attached hydrogens (tertiary/aromatic N) is 4. The van der Waals surface area contributed by atoms with Gasteiger partial charge in [-0.2, -0.15) is 10.4 Å². The van der Waals surface area contributed by atoms with E-state index < -0.39 is 0 Å². The van der Waals surface area contributed by atoms with E-state index in [-0.39, 0.29) is 11.9 Å². The molecule has 0 saturated carbocycles. The molecule has 0 aromatic carbocycles. The SMILES string of the molecule is Cn1nccc1C(=O)N1CCCCC1C#N. The molecule has 1 fully saturated rings. The summed E-state index contributed by atoms with van der Waals surface area (Å²) in [6.45, 7) is 0.669.